The van der Waals surface area contributed by atoms with E-state index in [2.05, 4.69) is 12.2 Å². The first kappa shape index (κ1) is 17.4. The fourth-order valence-corrected chi connectivity index (χ4v) is 3.52. The quantitative estimate of drug-likeness (QED) is 0.726. The van der Waals surface area contributed by atoms with Crippen LogP contribution in [0.1, 0.15) is 30.3 Å². The van der Waals surface area contributed by atoms with Crippen LogP contribution >= 0.6 is 34.5 Å². The Bertz CT molecular complexity index is 631. The Labute approximate surface area is 145 Å². The van der Waals surface area contributed by atoms with Crippen molar-refractivity contribution >= 4 is 34.5 Å². The van der Waals surface area contributed by atoms with Crippen molar-refractivity contribution in [2.75, 3.05) is 13.7 Å². The van der Waals surface area contributed by atoms with Gasteiger partial charge < -0.3 is 14.8 Å². The van der Waals surface area contributed by atoms with Crippen molar-refractivity contribution in [2.24, 2.45) is 0 Å². The number of halogens is 2. The van der Waals surface area contributed by atoms with Gasteiger partial charge >= 0.3 is 0 Å². The molecule has 1 atom stereocenters. The van der Waals surface area contributed by atoms with E-state index < -0.39 is 0 Å². The van der Waals surface area contributed by atoms with E-state index >= 15 is 0 Å². The number of hydrogen-bond acceptors (Lipinski definition) is 4. The van der Waals surface area contributed by atoms with Gasteiger partial charge in [-0.05, 0) is 43.7 Å². The second kappa shape index (κ2) is 8.06. The summed E-state index contributed by atoms with van der Waals surface area (Å²) in [6, 6.07) is 8.02. The summed E-state index contributed by atoms with van der Waals surface area (Å²) in [4.78, 5) is 1.20. The summed E-state index contributed by atoms with van der Waals surface area (Å²) in [6.45, 7) is 5.28. The zero-order chi connectivity index (χ0) is 16.1. The summed E-state index contributed by atoms with van der Waals surface area (Å²) in [5, 5.41) is 4.01. The van der Waals surface area contributed by atoms with Crippen molar-refractivity contribution in [1.29, 1.82) is 0 Å². The Morgan fingerprint density at radius 1 is 1.27 bits per heavy atom. The smallest absolute Gasteiger partial charge is 0.179 e. The van der Waals surface area contributed by atoms with Gasteiger partial charge in [-0.15, -0.1) is 11.3 Å². The number of methoxy groups -OCH3 is 1. The largest absolute Gasteiger partial charge is 0.491 e. The Morgan fingerprint density at radius 3 is 2.64 bits per heavy atom. The monoisotopic (exact) mass is 359 g/mol. The predicted octanol–water partition coefficient (Wildman–Crippen LogP) is 5.31. The van der Waals surface area contributed by atoms with Crippen molar-refractivity contribution in [3.05, 3.63) is 44.1 Å². The summed E-state index contributed by atoms with van der Waals surface area (Å²) in [7, 11) is 1.59. The lowest BCUT2D eigenvalue weighted by atomic mass is 10.1. The van der Waals surface area contributed by atoms with Crippen molar-refractivity contribution in [3.8, 4) is 11.5 Å². The third kappa shape index (κ3) is 4.29. The maximum Gasteiger partial charge on any atom is 0.179 e. The standard InChI is InChI=1S/C16H19Cl2NO2S/c1-4-21-13-8-11(7-12(17)16(13)20-3)9-19-10(2)14-5-6-15(18)22-14/h5-8,10,19H,4,9H2,1-3H3. The van der Waals surface area contributed by atoms with E-state index in [9.17, 15) is 0 Å². The van der Waals surface area contributed by atoms with Gasteiger partial charge in [0.25, 0.3) is 0 Å². The molecule has 0 radical (unpaired) electrons. The third-order valence-corrected chi connectivity index (χ3v) is 4.90. The molecule has 1 aromatic heterocycles. The molecular weight excluding hydrogens is 341 g/mol. The van der Waals surface area contributed by atoms with E-state index in [1.54, 1.807) is 18.4 Å². The fourth-order valence-electron chi connectivity index (χ4n) is 2.12. The van der Waals surface area contributed by atoms with Gasteiger partial charge in [-0.3, -0.25) is 0 Å². The summed E-state index contributed by atoms with van der Waals surface area (Å²) < 4.78 is 11.7. The molecule has 1 unspecified atom stereocenters. The van der Waals surface area contributed by atoms with E-state index in [4.69, 9.17) is 32.7 Å². The molecule has 120 valence electrons. The molecule has 22 heavy (non-hydrogen) atoms. The summed E-state index contributed by atoms with van der Waals surface area (Å²) in [5.74, 6) is 1.24. The van der Waals surface area contributed by atoms with Gasteiger partial charge in [-0.2, -0.15) is 0 Å². The first-order chi connectivity index (χ1) is 10.5. The number of nitrogens with one attached hydrogen (secondary N) is 1. The van der Waals surface area contributed by atoms with Gasteiger partial charge in [0.2, 0.25) is 0 Å². The molecule has 0 saturated heterocycles. The Balaban J connectivity index is 2.09. The van der Waals surface area contributed by atoms with E-state index in [0.29, 0.717) is 29.7 Å². The highest BCUT2D eigenvalue weighted by Crippen LogP contribution is 2.36. The molecule has 0 aliphatic rings. The van der Waals surface area contributed by atoms with Gasteiger partial charge in [-0.25, -0.2) is 0 Å². The molecule has 0 fully saturated rings. The Hall–Kier alpha value is -0.940. The summed E-state index contributed by atoms with van der Waals surface area (Å²) >= 11 is 13.8. The van der Waals surface area contributed by atoms with Crippen molar-refractivity contribution in [2.45, 2.75) is 26.4 Å². The Kier molecular flexibility index (Phi) is 6.38. The van der Waals surface area contributed by atoms with E-state index in [0.717, 1.165) is 9.90 Å². The van der Waals surface area contributed by atoms with Crippen LogP contribution in [-0.4, -0.2) is 13.7 Å². The zero-order valence-corrected chi connectivity index (χ0v) is 15.1. The van der Waals surface area contributed by atoms with Crippen LogP contribution in [0.15, 0.2) is 24.3 Å². The lowest BCUT2D eigenvalue weighted by Crippen LogP contribution is -2.17. The molecule has 0 saturated carbocycles. The average Bonchev–Trinajstić information content (AvgIpc) is 2.91. The molecule has 0 aliphatic carbocycles. The molecule has 1 heterocycles. The van der Waals surface area contributed by atoms with Gasteiger partial charge in [0.05, 0.1) is 23.1 Å². The molecule has 2 aromatic rings. The molecule has 0 bridgehead atoms. The number of thiophene rings is 1. The highest BCUT2D eigenvalue weighted by atomic mass is 35.5. The van der Waals surface area contributed by atoms with Crippen LogP contribution in [0.25, 0.3) is 0 Å². The predicted molar refractivity (Wildman–Crippen MR) is 93.8 cm³/mol. The van der Waals surface area contributed by atoms with Crippen molar-refractivity contribution in [3.63, 3.8) is 0 Å². The highest BCUT2D eigenvalue weighted by molar-refractivity contribution is 7.16. The second-order valence-corrected chi connectivity index (χ2v) is 6.94. The lowest BCUT2D eigenvalue weighted by molar-refractivity contribution is 0.310. The van der Waals surface area contributed by atoms with E-state index in [1.165, 1.54) is 4.88 Å². The van der Waals surface area contributed by atoms with Crippen LogP contribution in [0, 0.1) is 0 Å². The number of hydrogen-bond donors (Lipinski definition) is 1. The first-order valence-corrected chi connectivity index (χ1v) is 8.60. The van der Waals surface area contributed by atoms with Crippen molar-refractivity contribution in [1.82, 2.24) is 5.32 Å². The molecular formula is C16H19Cl2NO2S. The van der Waals surface area contributed by atoms with Crippen LogP contribution < -0.4 is 14.8 Å². The minimum absolute atomic E-state index is 0.217. The summed E-state index contributed by atoms with van der Waals surface area (Å²) in [6.07, 6.45) is 0. The number of benzene rings is 1. The van der Waals surface area contributed by atoms with Gasteiger partial charge in [-0.1, -0.05) is 23.2 Å². The SMILES string of the molecule is CCOc1cc(CNC(C)c2ccc(Cl)s2)cc(Cl)c1OC. The molecule has 1 aromatic carbocycles. The van der Waals surface area contributed by atoms with Crippen LogP contribution in [0.5, 0.6) is 11.5 Å². The van der Waals surface area contributed by atoms with Crippen LogP contribution in [-0.2, 0) is 6.54 Å². The highest BCUT2D eigenvalue weighted by Gasteiger charge is 2.13. The Morgan fingerprint density at radius 2 is 2.05 bits per heavy atom. The second-order valence-electron chi connectivity index (χ2n) is 4.79. The van der Waals surface area contributed by atoms with Crippen molar-refractivity contribution < 1.29 is 9.47 Å². The molecule has 0 amide bonds. The minimum atomic E-state index is 0.217. The maximum absolute atomic E-state index is 6.26. The normalized spacial score (nSPS) is 12.2. The third-order valence-electron chi connectivity index (χ3n) is 3.21. The van der Waals surface area contributed by atoms with E-state index in [-0.39, 0.29) is 6.04 Å². The topological polar surface area (TPSA) is 30.5 Å². The molecule has 1 N–H and O–H groups in total. The average molecular weight is 360 g/mol. The molecule has 6 heteroatoms. The lowest BCUT2D eigenvalue weighted by Gasteiger charge is -2.15. The maximum atomic E-state index is 6.26. The molecule has 2 rings (SSSR count). The summed E-state index contributed by atoms with van der Waals surface area (Å²) in [5.41, 5.74) is 1.05. The first-order valence-electron chi connectivity index (χ1n) is 7.03. The van der Waals surface area contributed by atoms with Crippen LogP contribution in [0.2, 0.25) is 9.36 Å². The minimum Gasteiger partial charge on any atom is -0.491 e. The molecule has 3 nitrogen and oxygen atoms in total. The zero-order valence-electron chi connectivity index (χ0n) is 12.8. The molecule has 0 spiro atoms. The van der Waals surface area contributed by atoms with Gasteiger partial charge in [0.15, 0.2) is 11.5 Å². The molecule has 0 aliphatic heterocycles. The van der Waals surface area contributed by atoms with E-state index in [1.807, 2.05) is 31.2 Å². The number of ether oxygens (including phenoxy) is 2. The number of rotatable bonds is 7. The van der Waals surface area contributed by atoms with Crippen LogP contribution in [0.4, 0.5) is 0 Å². The van der Waals surface area contributed by atoms with Gasteiger partial charge in [0.1, 0.15) is 0 Å². The van der Waals surface area contributed by atoms with Gasteiger partial charge in [0, 0.05) is 17.5 Å². The fraction of sp³-hybridized carbons (Fsp3) is 0.375. The van der Waals surface area contributed by atoms with Crippen LogP contribution in [0.3, 0.4) is 0 Å².